The first-order valence-electron chi connectivity index (χ1n) is 9.69. The summed E-state index contributed by atoms with van der Waals surface area (Å²) in [5.41, 5.74) is 1.75. The van der Waals surface area contributed by atoms with Crippen LogP contribution in [0, 0.1) is 11.3 Å². The lowest BCUT2D eigenvalue weighted by atomic mass is 9.91. The first-order valence-corrected chi connectivity index (χ1v) is 9.69. The summed E-state index contributed by atoms with van der Waals surface area (Å²) in [5.74, 6) is 3.57. The smallest absolute Gasteiger partial charge is 0.134 e. The molecule has 0 atom stereocenters. The maximum atomic E-state index is 8.92. The third-order valence-corrected chi connectivity index (χ3v) is 5.25. The van der Waals surface area contributed by atoms with Gasteiger partial charge in [0.1, 0.15) is 23.5 Å². The zero-order chi connectivity index (χ0) is 19.0. The Morgan fingerprint density at radius 1 is 1.00 bits per heavy atom. The van der Waals surface area contributed by atoms with Crippen molar-refractivity contribution >= 4 is 11.6 Å². The lowest BCUT2D eigenvalue weighted by Crippen LogP contribution is -2.47. The highest BCUT2D eigenvalue weighted by Gasteiger charge is 2.30. The van der Waals surface area contributed by atoms with Crippen molar-refractivity contribution in [2.45, 2.75) is 44.9 Å². The lowest BCUT2D eigenvalue weighted by molar-refractivity contribution is 0.559. The Labute approximate surface area is 160 Å². The molecule has 2 aromatic heterocycles. The van der Waals surface area contributed by atoms with Crippen LogP contribution in [0.3, 0.4) is 0 Å². The number of nitrogens with zero attached hydrogens (tertiary/aromatic N) is 6. The molecule has 140 valence electrons. The molecule has 4 rings (SSSR count). The summed E-state index contributed by atoms with van der Waals surface area (Å²) in [5, 5.41) is 8.92. The van der Waals surface area contributed by atoms with Gasteiger partial charge in [-0.1, -0.05) is 20.8 Å². The molecule has 1 saturated carbocycles. The van der Waals surface area contributed by atoms with Gasteiger partial charge >= 0.3 is 0 Å². The van der Waals surface area contributed by atoms with Gasteiger partial charge in [0.15, 0.2) is 0 Å². The first-order chi connectivity index (χ1) is 12.9. The average Bonchev–Trinajstić information content (AvgIpc) is 3.52. The van der Waals surface area contributed by atoms with E-state index >= 15 is 0 Å². The van der Waals surface area contributed by atoms with Crippen LogP contribution < -0.4 is 9.80 Å². The van der Waals surface area contributed by atoms with E-state index in [-0.39, 0.29) is 5.41 Å². The lowest BCUT2D eigenvalue weighted by Gasteiger charge is -2.36. The Kier molecular flexibility index (Phi) is 4.47. The van der Waals surface area contributed by atoms with Crippen molar-refractivity contribution in [2.24, 2.45) is 0 Å². The molecule has 0 radical (unpaired) electrons. The van der Waals surface area contributed by atoms with Crippen LogP contribution in [0.1, 0.15) is 56.6 Å². The summed E-state index contributed by atoms with van der Waals surface area (Å²) >= 11 is 0. The highest BCUT2D eigenvalue weighted by molar-refractivity contribution is 5.47. The average molecular weight is 362 g/mol. The minimum atomic E-state index is 0.0234. The van der Waals surface area contributed by atoms with Gasteiger partial charge < -0.3 is 9.80 Å². The second-order valence-electron chi connectivity index (χ2n) is 8.48. The van der Waals surface area contributed by atoms with Crippen molar-refractivity contribution in [3.63, 3.8) is 0 Å². The van der Waals surface area contributed by atoms with E-state index in [4.69, 9.17) is 15.2 Å². The van der Waals surface area contributed by atoms with Gasteiger partial charge in [-0.25, -0.2) is 15.0 Å². The van der Waals surface area contributed by atoms with E-state index in [9.17, 15) is 0 Å². The quantitative estimate of drug-likeness (QED) is 0.835. The SMILES string of the molecule is CC(C)(C)c1cc(N2CCN(c3ccc(C#N)cn3)CC2)nc(C2CC2)n1. The van der Waals surface area contributed by atoms with Crippen LogP contribution in [0.4, 0.5) is 11.6 Å². The summed E-state index contributed by atoms with van der Waals surface area (Å²) in [7, 11) is 0. The molecule has 0 aromatic carbocycles. The van der Waals surface area contributed by atoms with Crippen LogP contribution in [0.5, 0.6) is 0 Å². The predicted octanol–water partition coefficient (Wildman–Crippen LogP) is 3.24. The predicted molar refractivity (Wildman–Crippen MR) is 106 cm³/mol. The van der Waals surface area contributed by atoms with E-state index in [1.54, 1.807) is 6.20 Å². The van der Waals surface area contributed by atoms with Crippen LogP contribution in [-0.2, 0) is 5.41 Å². The molecule has 2 aliphatic rings. The van der Waals surface area contributed by atoms with Crippen LogP contribution >= 0.6 is 0 Å². The zero-order valence-electron chi connectivity index (χ0n) is 16.3. The number of piperazine rings is 1. The summed E-state index contributed by atoms with van der Waals surface area (Å²) in [4.78, 5) is 18.8. The highest BCUT2D eigenvalue weighted by Crippen LogP contribution is 2.39. The van der Waals surface area contributed by atoms with Gasteiger partial charge in [0.25, 0.3) is 0 Å². The van der Waals surface area contributed by atoms with Crippen LogP contribution in [-0.4, -0.2) is 41.1 Å². The van der Waals surface area contributed by atoms with E-state index in [0.717, 1.165) is 49.3 Å². The summed E-state index contributed by atoms with van der Waals surface area (Å²) in [6, 6.07) is 8.05. The van der Waals surface area contributed by atoms with Crippen molar-refractivity contribution in [3.05, 3.63) is 41.5 Å². The normalized spacial score (nSPS) is 17.7. The summed E-state index contributed by atoms with van der Waals surface area (Å²) in [6.45, 7) is 10.2. The Hall–Kier alpha value is -2.68. The fourth-order valence-corrected chi connectivity index (χ4v) is 3.33. The first kappa shape index (κ1) is 17.7. The molecule has 0 spiro atoms. The Balaban J connectivity index is 1.50. The largest absolute Gasteiger partial charge is 0.353 e. The van der Waals surface area contributed by atoms with Crippen LogP contribution in [0.15, 0.2) is 24.4 Å². The summed E-state index contributed by atoms with van der Waals surface area (Å²) < 4.78 is 0. The standard InChI is InChI=1S/C21H26N6/c1-21(2,3)17-12-19(25-20(24-17)16-5-6-16)27-10-8-26(9-11-27)18-7-4-15(13-22)14-23-18/h4,7,12,14,16H,5-6,8-11H2,1-3H3. The number of pyridine rings is 1. The van der Waals surface area contributed by atoms with Crippen molar-refractivity contribution in [1.82, 2.24) is 15.0 Å². The third kappa shape index (κ3) is 3.87. The highest BCUT2D eigenvalue weighted by atomic mass is 15.3. The fraction of sp³-hybridized carbons (Fsp3) is 0.524. The molecule has 0 unspecified atom stereocenters. The molecule has 3 heterocycles. The molecule has 6 heteroatoms. The third-order valence-electron chi connectivity index (χ3n) is 5.25. The Morgan fingerprint density at radius 2 is 1.67 bits per heavy atom. The molecule has 0 N–H and O–H groups in total. The minimum Gasteiger partial charge on any atom is -0.353 e. The number of anilines is 2. The van der Waals surface area contributed by atoms with Crippen molar-refractivity contribution in [3.8, 4) is 6.07 Å². The molecule has 0 amide bonds. The van der Waals surface area contributed by atoms with Crippen molar-refractivity contribution in [2.75, 3.05) is 36.0 Å². The van der Waals surface area contributed by atoms with Gasteiger partial charge in [-0.05, 0) is 25.0 Å². The molecule has 2 fully saturated rings. The maximum Gasteiger partial charge on any atom is 0.134 e. The Bertz CT molecular complexity index is 850. The van der Waals surface area contributed by atoms with E-state index in [1.807, 2.05) is 12.1 Å². The van der Waals surface area contributed by atoms with Crippen molar-refractivity contribution < 1.29 is 0 Å². The van der Waals surface area contributed by atoms with E-state index in [1.165, 1.54) is 12.8 Å². The van der Waals surface area contributed by atoms with Gasteiger partial charge in [0, 0.05) is 49.8 Å². The fourth-order valence-electron chi connectivity index (χ4n) is 3.33. The molecule has 2 aromatic rings. The van der Waals surface area contributed by atoms with Crippen LogP contribution in [0.2, 0.25) is 0 Å². The number of hydrogen-bond donors (Lipinski definition) is 0. The number of nitriles is 1. The second-order valence-corrected chi connectivity index (χ2v) is 8.48. The topological polar surface area (TPSA) is 68.9 Å². The monoisotopic (exact) mass is 362 g/mol. The minimum absolute atomic E-state index is 0.0234. The van der Waals surface area contributed by atoms with Gasteiger partial charge in [0.05, 0.1) is 11.3 Å². The zero-order valence-corrected chi connectivity index (χ0v) is 16.3. The molecule has 27 heavy (non-hydrogen) atoms. The van der Waals surface area contributed by atoms with E-state index in [2.05, 4.69) is 47.7 Å². The number of rotatable bonds is 3. The molecule has 0 bridgehead atoms. The second kappa shape index (κ2) is 6.80. The molecule has 1 saturated heterocycles. The summed E-state index contributed by atoms with van der Waals surface area (Å²) in [6.07, 6.45) is 4.07. The number of hydrogen-bond acceptors (Lipinski definition) is 6. The van der Waals surface area contributed by atoms with Gasteiger partial charge in [-0.3, -0.25) is 0 Å². The maximum absolute atomic E-state index is 8.92. The van der Waals surface area contributed by atoms with Crippen molar-refractivity contribution in [1.29, 1.82) is 5.26 Å². The number of aromatic nitrogens is 3. The van der Waals surface area contributed by atoms with E-state index < -0.39 is 0 Å². The molecular formula is C21H26N6. The molecule has 1 aliphatic heterocycles. The molecular weight excluding hydrogens is 336 g/mol. The van der Waals surface area contributed by atoms with Crippen LogP contribution in [0.25, 0.3) is 0 Å². The Morgan fingerprint density at radius 3 is 2.19 bits per heavy atom. The molecule has 6 nitrogen and oxygen atoms in total. The van der Waals surface area contributed by atoms with Gasteiger partial charge in [-0.15, -0.1) is 0 Å². The van der Waals surface area contributed by atoms with Gasteiger partial charge in [0.2, 0.25) is 0 Å². The van der Waals surface area contributed by atoms with Gasteiger partial charge in [-0.2, -0.15) is 5.26 Å². The molecule has 1 aliphatic carbocycles. The van der Waals surface area contributed by atoms with E-state index in [0.29, 0.717) is 11.5 Å².